The van der Waals surface area contributed by atoms with Crippen molar-refractivity contribution in [1.82, 2.24) is 0 Å². The van der Waals surface area contributed by atoms with Crippen LogP contribution in [0.1, 0.15) is 27.0 Å². The number of esters is 1. The number of aryl methyl sites for hydroxylation is 1. The summed E-state index contributed by atoms with van der Waals surface area (Å²) in [6.45, 7) is 2.01. The Morgan fingerprint density at radius 3 is 2.07 bits per heavy atom. The second-order valence-corrected chi connectivity index (χ2v) is 6.60. The fourth-order valence-electron chi connectivity index (χ4n) is 3.09. The molecule has 0 aliphatic rings. The highest BCUT2D eigenvalue weighted by Crippen LogP contribution is 2.25. The van der Waals surface area contributed by atoms with Crippen molar-refractivity contribution >= 4 is 11.8 Å². The van der Waals surface area contributed by atoms with Gasteiger partial charge >= 0.3 is 5.97 Å². The second kappa shape index (κ2) is 8.45. The lowest BCUT2D eigenvalue weighted by atomic mass is 9.96. The minimum Gasteiger partial charge on any atom is -0.465 e. The Balaban J connectivity index is 1.74. The summed E-state index contributed by atoms with van der Waals surface area (Å²) in [6.07, 6.45) is 0.860. The Kier molecular flexibility index (Phi) is 5.82. The van der Waals surface area contributed by atoms with Crippen LogP contribution < -0.4 is 0 Å². The molecule has 0 aliphatic heterocycles. The number of carbonyl (C=O) groups is 2. The Morgan fingerprint density at radius 2 is 1.44 bits per heavy atom. The summed E-state index contributed by atoms with van der Waals surface area (Å²) in [5, 5.41) is 0. The maximum Gasteiger partial charge on any atom is 0.337 e. The highest BCUT2D eigenvalue weighted by atomic mass is 16.5. The van der Waals surface area contributed by atoms with E-state index in [9.17, 15) is 9.59 Å². The lowest BCUT2D eigenvalue weighted by molar-refractivity contribution is -0.117. The van der Waals surface area contributed by atoms with Crippen molar-refractivity contribution in [2.75, 3.05) is 7.11 Å². The largest absolute Gasteiger partial charge is 0.465 e. The summed E-state index contributed by atoms with van der Waals surface area (Å²) in [5.41, 5.74) is 5.63. The molecule has 0 radical (unpaired) electrons. The van der Waals surface area contributed by atoms with E-state index in [0.717, 1.165) is 27.8 Å². The predicted octanol–water partition coefficient (Wildman–Crippen LogP) is 4.80. The average molecular weight is 358 g/mol. The molecule has 3 aromatic rings. The van der Waals surface area contributed by atoms with Crippen LogP contribution >= 0.6 is 0 Å². The van der Waals surface area contributed by atoms with Crippen LogP contribution in [0.2, 0.25) is 0 Å². The summed E-state index contributed by atoms with van der Waals surface area (Å²) in [5.74, 6) is -0.155. The molecule has 0 amide bonds. The number of carbonyl (C=O) groups excluding carboxylic acids is 2. The summed E-state index contributed by atoms with van der Waals surface area (Å²) in [6, 6.07) is 23.2. The van der Waals surface area contributed by atoms with Gasteiger partial charge in [0.05, 0.1) is 12.7 Å². The predicted molar refractivity (Wildman–Crippen MR) is 107 cm³/mol. The van der Waals surface area contributed by atoms with Crippen molar-refractivity contribution in [2.45, 2.75) is 19.8 Å². The third-order valence-electron chi connectivity index (χ3n) is 4.57. The van der Waals surface area contributed by atoms with Crippen LogP contribution in [0.5, 0.6) is 0 Å². The Hall–Kier alpha value is -3.20. The van der Waals surface area contributed by atoms with Gasteiger partial charge in [0.25, 0.3) is 0 Å². The van der Waals surface area contributed by atoms with Gasteiger partial charge in [-0.15, -0.1) is 0 Å². The van der Waals surface area contributed by atoms with Crippen LogP contribution in [-0.4, -0.2) is 18.9 Å². The highest BCUT2D eigenvalue weighted by molar-refractivity contribution is 5.91. The molecule has 3 aromatic carbocycles. The molecule has 0 saturated heterocycles. The van der Waals surface area contributed by atoms with Crippen molar-refractivity contribution in [3.05, 3.63) is 95.1 Å². The first-order chi connectivity index (χ1) is 13.1. The SMILES string of the molecule is COC(=O)c1ccc(C)c(-c2ccc(CC(=O)Cc3ccccc3)cc2)c1. The lowest BCUT2D eigenvalue weighted by Crippen LogP contribution is -2.06. The van der Waals surface area contributed by atoms with Crippen molar-refractivity contribution < 1.29 is 14.3 Å². The molecule has 3 heteroatoms. The molecule has 0 fully saturated rings. The van der Waals surface area contributed by atoms with E-state index in [4.69, 9.17) is 4.74 Å². The van der Waals surface area contributed by atoms with Crippen molar-refractivity contribution in [2.24, 2.45) is 0 Å². The van der Waals surface area contributed by atoms with E-state index in [2.05, 4.69) is 0 Å². The van der Waals surface area contributed by atoms with Crippen LogP contribution in [0.3, 0.4) is 0 Å². The zero-order valence-corrected chi connectivity index (χ0v) is 15.6. The van der Waals surface area contributed by atoms with Crippen LogP contribution in [0, 0.1) is 6.92 Å². The first-order valence-corrected chi connectivity index (χ1v) is 8.90. The maximum absolute atomic E-state index is 12.3. The van der Waals surface area contributed by atoms with Gasteiger partial charge in [-0.2, -0.15) is 0 Å². The molecule has 0 heterocycles. The van der Waals surface area contributed by atoms with E-state index in [1.54, 1.807) is 6.07 Å². The number of Topliss-reactive ketones (excluding diaryl/α,β-unsaturated/α-hetero) is 1. The van der Waals surface area contributed by atoms with Gasteiger partial charge in [-0.3, -0.25) is 4.79 Å². The number of ketones is 1. The molecular formula is C24H22O3. The molecule has 0 atom stereocenters. The number of hydrogen-bond donors (Lipinski definition) is 0. The first-order valence-electron chi connectivity index (χ1n) is 8.90. The van der Waals surface area contributed by atoms with E-state index >= 15 is 0 Å². The molecule has 0 bridgehead atoms. The van der Waals surface area contributed by atoms with Gasteiger partial charge in [0.15, 0.2) is 0 Å². The molecule has 0 aromatic heterocycles. The lowest BCUT2D eigenvalue weighted by Gasteiger charge is -2.09. The van der Waals surface area contributed by atoms with Gasteiger partial charge in [-0.05, 0) is 46.9 Å². The van der Waals surface area contributed by atoms with E-state index in [1.165, 1.54) is 7.11 Å². The molecule has 0 unspecified atom stereocenters. The topological polar surface area (TPSA) is 43.4 Å². The standard InChI is InChI=1S/C24H22O3/c1-17-8-11-21(24(26)27-2)16-23(17)20-12-9-19(10-13-20)15-22(25)14-18-6-4-3-5-7-18/h3-13,16H,14-15H2,1-2H3. The van der Waals surface area contributed by atoms with E-state index in [-0.39, 0.29) is 11.8 Å². The van der Waals surface area contributed by atoms with E-state index < -0.39 is 0 Å². The second-order valence-electron chi connectivity index (χ2n) is 6.60. The normalized spacial score (nSPS) is 10.4. The van der Waals surface area contributed by atoms with Gasteiger partial charge in [-0.25, -0.2) is 4.79 Å². The monoisotopic (exact) mass is 358 g/mol. The van der Waals surface area contributed by atoms with E-state index in [1.807, 2.05) is 73.7 Å². The molecule has 3 rings (SSSR count). The number of hydrogen-bond acceptors (Lipinski definition) is 3. The fraction of sp³-hybridized carbons (Fsp3) is 0.167. The number of rotatable bonds is 6. The Labute approximate surface area is 159 Å². The minimum absolute atomic E-state index is 0.192. The van der Waals surface area contributed by atoms with Gasteiger partial charge in [0.2, 0.25) is 0 Å². The zero-order valence-electron chi connectivity index (χ0n) is 15.6. The summed E-state index contributed by atoms with van der Waals surface area (Å²) in [4.78, 5) is 24.1. The first kappa shape index (κ1) is 18.6. The molecule has 0 spiro atoms. The smallest absolute Gasteiger partial charge is 0.337 e. The molecule has 0 N–H and O–H groups in total. The Morgan fingerprint density at radius 1 is 0.815 bits per heavy atom. The van der Waals surface area contributed by atoms with Gasteiger partial charge in [0, 0.05) is 12.8 Å². The Bertz CT molecular complexity index is 941. The maximum atomic E-state index is 12.3. The molecule has 0 aliphatic carbocycles. The van der Waals surface area contributed by atoms with Crippen molar-refractivity contribution in [3.8, 4) is 11.1 Å². The number of ether oxygens (including phenoxy) is 1. The molecular weight excluding hydrogens is 336 g/mol. The molecule has 3 nitrogen and oxygen atoms in total. The summed E-state index contributed by atoms with van der Waals surface area (Å²) in [7, 11) is 1.38. The van der Waals surface area contributed by atoms with Crippen LogP contribution in [0.15, 0.2) is 72.8 Å². The van der Waals surface area contributed by atoms with Crippen molar-refractivity contribution in [1.29, 1.82) is 0 Å². The average Bonchev–Trinajstić information content (AvgIpc) is 2.69. The third kappa shape index (κ3) is 4.70. The molecule has 27 heavy (non-hydrogen) atoms. The quantitative estimate of drug-likeness (QED) is 0.594. The van der Waals surface area contributed by atoms with Crippen molar-refractivity contribution in [3.63, 3.8) is 0 Å². The zero-order chi connectivity index (χ0) is 19.2. The van der Waals surface area contributed by atoms with E-state index in [0.29, 0.717) is 18.4 Å². The molecule has 136 valence electrons. The molecule has 0 saturated carbocycles. The number of benzene rings is 3. The minimum atomic E-state index is -0.348. The van der Waals surface area contributed by atoms with Crippen LogP contribution in [0.4, 0.5) is 0 Å². The summed E-state index contributed by atoms with van der Waals surface area (Å²) >= 11 is 0. The van der Waals surface area contributed by atoms with Gasteiger partial charge < -0.3 is 4.74 Å². The highest BCUT2D eigenvalue weighted by Gasteiger charge is 2.10. The third-order valence-corrected chi connectivity index (χ3v) is 4.57. The number of methoxy groups -OCH3 is 1. The van der Waals surface area contributed by atoms with Gasteiger partial charge in [0.1, 0.15) is 5.78 Å². The van der Waals surface area contributed by atoms with Gasteiger partial charge in [-0.1, -0.05) is 60.7 Å². The van der Waals surface area contributed by atoms with Crippen LogP contribution in [0.25, 0.3) is 11.1 Å². The van der Waals surface area contributed by atoms with Crippen LogP contribution in [-0.2, 0) is 22.4 Å². The summed E-state index contributed by atoms with van der Waals surface area (Å²) < 4.78 is 4.80. The fourth-order valence-corrected chi connectivity index (χ4v) is 3.09.